The molecule has 0 aliphatic heterocycles. The van der Waals surface area contributed by atoms with E-state index in [1.54, 1.807) is 0 Å². The fourth-order valence-corrected chi connectivity index (χ4v) is 0.996. The molecule has 9 heteroatoms. The van der Waals surface area contributed by atoms with Crippen molar-refractivity contribution >= 4 is 35.1 Å². The van der Waals surface area contributed by atoms with Crippen LogP contribution in [0.2, 0.25) is 0 Å². The van der Waals surface area contributed by atoms with Crippen LogP contribution >= 0.6 is 23.2 Å². The Labute approximate surface area is 92.3 Å². The molecule has 1 amide bonds. The van der Waals surface area contributed by atoms with Crippen molar-refractivity contribution in [3.63, 3.8) is 0 Å². The van der Waals surface area contributed by atoms with E-state index in [1.165, 1.54) is 5.32 Å². The number of carboxylic acids is 1. The Kier molecular flexibility index (Phi) is 5.16. The van der Waals surface area contributed by atoms with E-state index in [1.807, 2.05) is 0 Å². The van der Waals surface area contributed by atoms with E-state index in [0.29, 0.717) is 0 Å². The first-order valence-electron chi connectivity index (χ1n) is 3.53. The van der Waals surface area contributed by atoms with Gasteiger partial charge in [-0.1, -0.05) is 0 Å². The molecule has 0 aromatic rings. The maximum absolute atomic E-state index is 11.7. The van der Waals surface area contributed by atoms with Gasteiger partial charge in [0.2, 0.25) is 0 Å². The minimum Gasteiger partial charge on any atom is -0.480 e. The van der Waals surface area contributed by atoms with E-state index >= 15 is 0 Å². The molecular weight excluding hydrogens is 262 g/mol. The van der Waals surface area contributed by atoms with Gasteiger partial charge in [-0.3, -0.25) is 4.79 Å². The van der Waals surface area contributed by atoms with Crippen molar-refractivity contribution in [2.24, 2.45) is 0 Å². The molecule has 1 atom stereocenters. The Morgan fingerprint density at radius 2 is 1.80 bits per heavy atom. The number of carbonyl (C=O) groups excluding carboxylic acids is 1. The van der Waals surface area contributed by atoms with Crippen molar-refractivity contribution in [2.75, 3.05) is 0 Å². The molecule has 0 bridgehead atoms. The number of alkyl halides is 5. The molecule has 0 radical (unpaired) electrons. The molecule has 0 fully saturated rings. The molecule has 0 aliphatic rings. The number of nitrogens with one attached hydrogen (secondary N) is 1. The van der Waals surface area contributed by atoms with E-state index in [-0.39, 0.29) is 0 Å². The first kappa shape index (κ1) is 14.3. The molecule has 1 unspecified atom stereocenters. The molecule has 0 rings (SSSR count). The number of rotatable bonds is 4. The minimum absolute atomic E-state index is 0.514. The van der Waals surface area contributed by atoms with Gasteiger partial charge in [-0.15, -0.1) is 23.2 Å². The molecule has 0 spiro atoms. The van der Waals surface area contributed by atoms with Gasteiger partial charge in [0.05, 0.1) is 0 Å². The molecule has 0 saturated heterocycles. The summed E-state index contributed by atoms with van der Waals surface area (Å²) in [4.78, 5) is 19.6. The van der Waals surface area contributed by atoms with Crippen LogP contribution in [0.1, 0.15) is 6.42 Å². The van der Waals surface area contributed by atoms with Crippen LogP contribution in [0.5, 0.6) is 0 Å². The van der Waals surface area contributed by atoms with E-state index in [4.69, 9.17) is 28.3 Å². The molecule has 15 heavy (non-hydrogen) atoms. The summed E-state index contributed by atoms with van der Waals surface area (Å²) in [6.45, 7) is 0. The molecule has 2 N–H and O–H groups in total. The SMILES string of the molecule is O=C(O)C(CC(Cl)Cl)NC(=O)C(F)(F)F. The second kappa shape index (κ2) is 5.41. The van der Waals surface area contributed by atoms with E-state index in [9.17, 15) is 22.8 Å². The Balaban J connectivity index is 4.43. The second-order valence-corrected chi connectivity index (χ2v) is 3.77. The Morgan fingerprint density at radius 3 is 2.07 bits per heavy atom. The van der Waals surface area contributed by atoms with E-state index in [2.05, 4.69) is 0 Å². The Bertz CT molecular complexity index is 256. The minimum atomic E-state index is -5.14. The highest BCUT2D eigenvalue weighted by molar-refractivity contribution is 6.44. The van der Waals surface area contributed by atoms with Crippen molar-refractivity contribution in [3.8, 4) is 0 Å². The summed E-state index contributed by atoms with van der Waals surface area (Å²) in [5, 5.41) is 9.69. The van der Waals surface area contributed by atoms with Gasteiger partial charge in [0.25, 0.3) is 0 Å². The van der Waals surface area contributed by atoms with Crippen LogP contribution in [0.25, 0.3) is 0 Å². The summed E-state index contributed by atoms with van der Waals surface area (Å²) in [6, 6.07) is -1.76. The van der Waals surface area contributed by atoms with Crippen LogP contribution in [-0.2, 0) is 9.59 Å². The van der Waals surface area contributed by atoms with E-state index < -0.39 is 35.4 Å². The Hall–Kier alpha value is -0.690. The topological polar surface area (TPSA) is 66.4 Å². The van der Waals surface area contributed by atoms with Gasteiger partial charge in [-0.25, -0.2) is 4.79 Å². The fourth-order valence-electron chi connectivity index (χ4n) is 0.640. The molecular formula is C6H6Cl2F3NO3. The average Bonchev–Trinajstić information content (AvgIpc) is 1.99. The van der Waals surface area contributed by atoms with Crippen molar-refractivity contribution in [1.82, 2.24) is 5.32 Å². The van der Waals surface area contributed by atoms with Crippen molar-refractivity contribution in [3.05, 3.63) is 0 Å². The van der Waals surface area contributed by atoms with Crippen LogP contribution < -0.4 is 5.32 Å². The van der Waals surface area contributed by atoms with Gasteiger partial charge in [0, 0.05) is 6.42 Å². The predicted molar refractivity (Wildman–Crippen MR) is 45.7 cm³/mol. The van der Waals surface area contributed by atoms with Gasteiger partial charge < -0.3 is 10.4 Å². The van der Waals surface area contributed by atoms with Crippen LogP contribution in [0, 0.1) is 0 Å². The molecule has 4 nitrogen and oxygen atoms in total. The van der Waals surface area contributed by atoms with Crippen molar-refractivity contribution < 1.29 is 27.9 Å². The highest BCUT2D eigenvalue weighted by atomic mass is 35.5. The lowest BCUT2D eigenvalue weighted by Crippen LogP contribution is -2.47. The molecule has 0 heterocycles. The molecule has 0 saturated carbocycles. The maximum Gasteiger partial charge on any atom is 0.471 e. The highest BCUT2D eigenvalue weighted by Gasteiger charge is 2.41. The van der Waals surface area contributed by atoms with Crippen LogP contribution in [-0.4, -0.2) is 34.0 Å². The van der Waals surface area contributed by atoms with Gasteiger partial charge in [0.1, 0.15) is 10.9 Å². The first-order valence-corrected chi connectivity index (χ1v) is 4.40. The Morgan fingerprint density at radius 1 is 1.33 bits per heavy atom. The van der Waals surface area contributed by atoms with E-state index in [0.717, 1.165) is 0 Å². The molecule has 0 aromatic heterocycles. The van der Waals surface area contributed by atoms with Crippen molar-refractivity contribution in [2.45, 2.75) is 23.5 Å². The summed E-state index contributed by atoms with van der Waals surface area (Å²) in [7, 11) is 0. The lowest BCUT2D eigenvalue weighted by Gasteiger charge is -2.15. The monoisotopic (exact) mass is 267 g/mol. The number of carboxylic acid groups (broad SMARTS) is 1. The molecule has 88 valence electrons. The third kappa shape index (κ3) is 5.68. The lowest BCUT2D eigenvalue weighted by molar-refractivity contribution is -0.175. The summed E-state index contributed by atoms with van der Waals surface area (Å²) < 4.78 is 35.2. The number of hydrogen-bond acceptors (Lipinski definition) is 2. The summed E-state index contributed by atoms with van der Waals surface area (Å²) in [6.07, 6.45) is -5.65. The number of halogens is 5. The van der Waals surface area contributed by atoms with Gasteiger partial charge in [0.15, 0.2) is 0 Å². The van der Waals surface area contributed by atoms with Gasteiger partial charge in [-0.2, -0.15) is 13.2 Å². The molecule has 0 aliphatic carbocycles. The zero-order valence-electron chi connectivity index (χ0n) is 7.02. The largest absolute Gasteiger partial charge is 0.480 e. The number of hydrogen-bond donors (Lipinski definition) is 2. The highest BCUT2D eigenvalue weighted by Crippen LogP contribution is 2.16. The third-order valence-corrected chi connectivity index (χ3v) is 1.63. The summed E-state index contributed by atoms with van der Waals surface area (Å²) in [5.41, 5.74) is 0. The van der Waals surface area contributed by atoms with Gasteiger partial charge >= 0.3 is 18.1 Å². The zero-order chi connectivity index (χ0) is 12.2. The fraction of sp³-hybridized carbons (Fsp3) is 0.667. The first-order chi connectivity index (χ1) is 6.64. The number of carbonyl (C=O) groups is 2. The standard InChI is InChI=1S/C6H6Cl2F3NO3/c7-3(8)1-2(4(13)14)12-5(15)6(9,10)11/h2-3H,1H2,(H,12,15)(H,13,14). The van der Waals surface area contributed by atoms with Crippen LogP contribution in [0.4, 0.5) is 13.2 Å². The number of aliphatic carboxylic acids is 1. The second-order valence-electron chi connectivity index (χ2n) is 2.49. The summed E-state index contributed by atoms with van der Waals surface area (Å²) >= 11 is 10.4. The van der Waals surface area contributed by atoms with Gasteiger partial charge in [-0.05, 0) is 0 Å². The normalized spacial score (nSPS) is 13.7. The summed E-state index contributed by atoms with van der Waals surface area (Å²) in [5.74, 6) is -3.98. The maximum atomic E-state index is 11.7. The average molecular weight is 268 g/mol. The lowest BCUT2D eigenvalue weighted by atomic mass is 10.2. The smallest absolute Gasteiger partial charge is 0.471 e. The van der Waals surface area contributed by atoms with Crippen LogP contribution in [0.15, 0.2) is 0 Å². The molecule has 0 aromatic carbocycles. The van der Waals surface area contributed by atoms with Crippen LogP contribution in [0.3, 0.4) is 0 Å². The zero-order valence-corrected chi connectivity index (χ0v) is 8.53. The van der Waals surface area contributed by atoms with Crippen molar-refractivity contribution in [1.29, 1.82) is 0 Å². The predicted octanol–water partition coefficient (Wildman–Crippen LogP) is 1.31. The quantitative estimate of drug-likeness (QED) is 0.755. The third-order valence-electron chi connectivity index (χ3n) is 1.27. The number of amides is 1.